The number of amides is 2. The van der Waals surface area contributed by atoms with Gasteiger partial charge >= 0.3 is 12.2 Å². The number of pyridine rings is 2. The Morgan fingerprint density at radius 3 is 2.73 bits per heavy atom. The minimum Gasteiger partial charge on any atom is -0.440 e. The van der Waals surface area contributed by atoms with E-state index in [4.69, 9.17) is 15.2 Å². The third-order valence-corrected chi connectivity index (χ3v) is 8.19. The van der Waals surface area contributed by atoms with Crippen LogP contribution in [0.2, 0.25) is 0 Å². The Morgan fingerprint density at radius 2 is 1.85 bits per heavy atom. The molecule has 1 fully saturated rings. The van der Waals surface area contributed by atoms with Crippen LogP contribution in [0, 0.1) is 11.6 Å². The molecular formula is C29H29F2N5O4. The summed E-state index contributed by atoms with van der Waals surface area (Å²) in [5.41, 5.74) is 7.84. The average molecular weight is 550 g/mol. The van der Waals surface area contributed by atoms with Crippen molar-refractivity contribution < 1.29 is 27.8 Å². The van der Waals surface area contributed by atoms with Gasteiger partial charge in [-0.05, 0) is 61.1 Å². The molecule has 4 heterocycles. The fraction of sp³-hybridized carbons (Fsp3) is 0.379. The highest BCUT2D eigenvalue weighted by Gasteiger charge is 2.44. The van der Waals surface area contributed by atoms with Gasteiger partial charge in [-0.15, -0.1) is 0 Å². The van der Waals surface area contributed by atoms with Gasteiger partial charge in [0, 0.05) is 49.4 Å². The summed E-state index contributed by atoms with van der Waals surface area (Å²) >= 11 is 0. The molecule has 0 unspecified atom stereocenters. The van der Waals surface area contributed by atoms with Crippen LogP contribution in [-0.2, 0) is 15.1 Å². The number of nitrogens with two attached hydrogens (primary N) is 1. The molecule has 1 spiro atoms. The molecule has 0 saturated carbocycles. The Balaban J connectivity index is 1.21. The lowest BCUT2D eigenvalue weighted by atomic mass is 9.86. The van der Waals surface area contributed by atoms with Crippen molar-refractivity contribution in [3.8, 4) is 0 Å². The first kappa shape index (κ1) is 26.1. The molecule has 40 heavy (non-hydrogen) atoms. The number of aromatic nitrogens is 2. The van der Waals surface area contributed by atoms with Crippen molar-refractivity contribution in [1.29, 1.82) is 0 Å². The number of rotatable bonds is 2. The minimum absolute atomic E-state index is 0.193. The monoisotopic (exact) mass is 549 g/mol. The van der Waals surface area contributed by atoms with E-state index in [2.05, 4.69) is 15.3 Å². The standard InChI is InChI=1S/C29H29F2N5O4/c30-21-8-1-5-17(23(21)31)18-9-10-22(25-19(24(18)32)6-2-13-33-25)39-28(38)36-15-4-11-29(12-16-36)20-7-3-14-34-26(20)35-27(37)40-29/h1-3,5-8,13-14,18,22,24H,4,9-12,15-16,32H2,(H,34,35,37)/t18-,22+,24-,29-/m0/s1. The van der Waals surface area contributed by atoms with Crippen LogP contribution >= 0.6 is 0 Å². The molecule has 1 saturated heterocycles. The van der Waals surface area contributed by atoms with Crippen LogP contribution in [0.3, 0.4) is 0 Å². The Kier molecular flexibility index (Phi) is 6.83. The van der Waals surface area contributed by atoms with Crippen molar-refractivity contribution in [1.82, 2.24) is 14.9 Å². The molecule has 208 valence electrons. The zero-order valence-corrected chi connectivity index (χ0v) is 21.7. The zero-order chi connectivity index (χ0) is 27.9. The van der Waals surface area contributed by atoms with E-state index in [0.717, 1.165) is 11.6 Å². The third kappa shape index (κ3) is 4.64. The fourth-order valence-electron chi connectivity index (χ4n) is 6.20. The highest BCUT2D eigenvalue weighted by atomic mass is 19.2. The molecule has 0 bridgehead atoms. The lowest BCUT2D eigenvalue weighted by Crippen LogP contribution is -2.41. The molecule has 11 heteroatoms. The van der Waals surface area contributed by atoms with E-state index in [1.54, 1.807) is 41.6 Å². The summed E-state index contributed by atoms with van der Waals surface area (Å²) in [5.74, 6) is -1.90. The van der Waals surface area contributed by atoms with E-state index >= 15 is 0 Å². The average Bonchev–Trinajstić information content (AvgIpc) is 3.24. The first-order chi connectivity index (χ1) is 19.4. The molecule has 4 atom stereocenters. The van der Waals surface area contributed by atoms with Gasteiger partial charge in [-0.1, -0.05) is 18.2 Å². The molecule has 3 N–H and O–H groups in total. The number of benzene rings is 1. The number of likely N-dealkylation sites (tertiary alicyclic amines) is 1. The van der Waals surface area contributed by atoms with Crippen LogP contribution in [0.4, 0.5) is 24.2 Å². The molecule has 2 aromatic heterocycles. The van der Waals surface area contributed by atoms with Crippen molar-refractivity contribution in [2.24, 2.45) is 5.73 Å². The number of anilines is 1. The van der Waals surface area contributed by atoms with Gasteiger partial charge in [0.1, 0.15) is 17.5 Å². The highest BCUT2D eigenvalue weighted by Crippen LogP contribution is 2.45. The van der Waals surface area contributed by atoms with Crippen LogP contribution in [0.15, 0.2) is 54.9 Å². The van der Waals surface area contributed by atoms with Gasteiger partial charge in [0.2, 0.25) is 0 Å². The number of nitrogens with one attached hydrogen (secondary N) is 1. The molecule has 9 nitrogen and oxygen atoms in total. The van der Waals surface area contributed by atoms with Gasteiger partial charge in [-0.3, -0.25) is 10.3 Å². The van der Waals surface area contributed by atoms with Crippen LogP contribution < -0.4 is 11.1 Å². The van der Waals surface area contributed by atoms with Gasteiger partial charge in [0.25, 0.3) is 0 Å². The third-order valence-electron chi connectivity index (χ3n) is 8.19. The van der Waals surface area contributed by atoms with Crippen molar-refractivity contribution in [3.63, 3.8) is 0 Å². The Morgan fingerprint density at radius 1 is 1.05 bits per heavy atom. The van der Waals surface area contributed by atoms with Crippen LogP contribution in [0.5, 0.6) is 0 Å². The van der Waals surface area contributed by atoms with Crippen LogP contribution in [0.25, 0.3) is 0 Å². The fourth-order valence-corrected chi connectivity index (χ4v) is 6.20. The Labute approximate surface area is 229 Å². The molecule has 2 amide bonds. The largest absolute Gasteiger partial charge is 0.440 e. The molecule has 1 aromatic carbocycles. The van der Waals surface area contributed by atoms with Crippen molar-refractivity contribution in [2.45, 2.75) is 55.8 Å². The number of carbonyl (C=O) groups excluding carboxylic acids is 2. The molecule has 2 aliphatic heterocycles. The number of carbonyl (C=O) groups is 2. The molecule has 3 aliphatic rings. The summed E-state index contributed by atoms with van der Waals surface area (Å²) in [5, 5.41) is 2.64. The van der Waals surface area contributed by atoms with E-state index in [1.807, 2.05) is 6.07 Å². The maximum Gasteiger partial charge on any atom is 0.413 e. The Hall–Kier alpha value is -4.12. The van der Waals surface area contributed by atoms with E-state index in [-0.39, 0.29) is 5.56 Å². The van der Waals surface area contributed by atoms with Gasteiger partial charge in [-0.2, -0.15) is 0 Å². The number of hydrogen-bond acceptors (Lipinski definition) is 7. The van der Waals surface area contributed by atoms with Crippen LogP contribution in [-0.4, -0.2) is 40.1 Å². The number of fused-ring (bicyclic) bond motifs is 3. The highest BCUT2D eigenvalue weighted by molar-refractivity contribution is 5.87. The number of halogens is 2. The number of nitrogens with zero attached hydrogens (tertiary/aromatic N) is 3. The SMILES string of the molecule is N[C@@H]1c2cccnc2[C@H](OC(=O)N2CCC[C@@]3(CC2)OC(=O)Nc2ncccc23)CC[C@H]1c1cccc(F)c1F. The van der Waals surface area contributed by atoms with E-state index in [9.17, 15) is 18.4 Å². The molecule has 6 rings (SSSR count). The summed E-state index contributed by atoms with van der Waals surface area (Å²) in [6.45, 7) is 0.721. The smallest absolute Gasteiger partial charge is 0.413 e. The second-order valence-corrected chi connectivity index (χ2v) is 10.5. The van der Waals surface area contributed by atoms with E-state index in [0.29, 0.717) is 62.3 Å². The minimum atomic E-state index is -0.930. The number of hydrogen-bond donors (Lipinski definition) is 2. The normalized spacial score (nSPS) is 26.0. The van der Waals surface area contributed by atoms with Crippen molar-refractivity contribution in [3.05, 3.63) is 88.9 Å². The summed E-state index contributed by atoms with van der Waals surface area (Å²) in [6, 6.07) is 10.6. The lowest BCUT2D eigenvalue weighted by molar-refractivity contribution is -0.00174. The van der Waals surface area contributed by atoms with Gasteiger partial charge in [0.05, 0.1) is 5.69 Å². The predicted octanol–water partition coefficient (Wildman–Crippen LogP) is 5.45. The quantitative estimate of drug-likeness (QED) is 0.408. The maximum atomic E-state index is 14.7. The van der Waals surface area contributed by atoms with E-state index < -0.39 is 47.5 Å². The van der Waals surface area contributed by atoms with Crippen molar-refractivity contribution in [2.75, 3.05) is 18.4 Å². The predicted molar refractivity (Wildman–Crippen MR) is 140 cm³/mol. The Bertz CT molecular complexity index is 1460. The van der Waals surface area contributed by atoms with Crippen molar-refractivity contribution >= 4 is 18.0 Å². The first-order valence-electron chi connectivity index (χ1n) is 13.4. The molecule has 0 radical (unpaired) electrons. The first-order valence-corrected chi connectivity index (χ1v) is 13.4. The van der Waals surface area contributed by atoms with Gasteiger partial charge in [0.15, 0.2) is 11.6 Å². The molecular weight excluding hydrogens is 520 g/mol. The summed E-state index contributed by atoms with van der Waals surface area (Å²) in [4.78, 5) is 36.1. The lowest BCUT2D eigenvalue weighted by Gasteiger charge is -2.37. The summed E-state index contributed by atoms with van der Waals surface area (Å²) in [6.07, 6.45) is 3.62. The second kappa shape index (κ2) is 10.5. The zero-order valence-electron chi connectivity index (χ0n) is 21.7. The second-order valence-electron chi connectivity index (χ2n) is 10.5. The summed E-state index contributed by atoms with van der Waals surface area (Å²) < 4.78 is 40.6. The van der Waals surface area contributed by atoms with Crippen LogP contribution in [0.1, 0.15) is 72.6 Å². The molecule has 3 aromatic rings. The molecule has 1 aliphatic carbocycles. The topological polar surface area (TPSA) is 120 Å². The maximum absolute atomic E-state index is 14.7. The van der Waals surface area contributed by atoms with E-state index in [1.165, 1.54) is 6.07 Å². The van der Waals surface area contributed by atoms with Gasteiger partial charge < -0.3 is 20.1 Å². The number of ether oxygens (including phenoxy) is 2. The van der Waals surface area contributed by atoms with Gasteiger partial charge in [-0.25, -0.2) is 23.4 Å². The summed E-state index contributed by atoms with van der Waals surface area (Å²) in [7, 11) is 0.